The van der Waals surface area contributed by atoms with Gasteiger partial charge in [0.1, 0.15) is 5.60 Å². The van der Waals surface area contributed by atoms with Crippen molar-refractivity contribution in [1.82, 2.24) is 4.90 Å². The van der Waals surface area contributed by atoms with Crippen LogP contribution in [0.5, 0.6) is 5.75 Å². The van der Waals surface area contributed by atoms with E-state index in [1.165, 1.54) is 0 Å². The standard InChI is InChI=1S/C16H23BrN2O3/c1-10-5-12(17)14(13(18)6-10)21-9-11-7-19(8-11)15(20)22-16(2,3)4/h5-6,11H,7-9,18H2,1-4H3. The van der Waals surface area contributed by atoms with Crippen molar-refractivity contribution in [2.24, 2.45) is 5.92 Å². The zero-order chi connectivity index (χ0) is 16.5. The lowest BCUT2D eigenvalue weighted by Gasteiger charge is -2.39. The number of halogens is 1. The fraction of sp³-hybridized carbons (Fsp3) is 0.562. The molecule has 0 radical (unpaired) electrons. The molecule has 1 heterocycles. The van der Waals surface area contributed by atoms with Gasteiger partial charge in [-0.1, -0.05) is 0 Å². The number of hydrogen-bond acceptors (Lipinski definition) is 4. The molecule has 5 nitrogen and oxygen atoms in total. The molecule has 2 rings (SSSR count). The van der Waals surface area contributed by atoms with Crippen LogP contribution in [-0.4, -0.2) is 36.3 Å². The Balaban J connectivity index is 1.81. The van der Waals surface area contributed by atoms with Crippen molar-refractivity contribution < 1.29 is 14.3 Å². The summed E-state index contributed by atoms with van der Waals surface area (Å²) in [4.78, 5) is 13.5. The molecule has 0 saturated carbocycles. The number of likely N-dealkylation sites (tertiary alicyclic amines) is 1. The Kier molecular flexibility index (Phi) is 4.90. The van der Waals surface area contributed by atoms with Gasteiger partial charge in [0.25, 0.3) is 0 Å². The van der Waals surface area contributed by atoms with Crippen LogP contribution in [0.25, 0.3) is 0 Å². The lowest BCUT2D eigenvalue weighted by molar-refractivity contribution is -0.00782. The van der Waals surface area contributed by atoms with Gasteiger partial charge in [0.15, 0.2) is 5.75 Å². The van der Waals surface area contributed by atoms with Crippen LogP contribution in [0.15, 0.2) is 16.6 Å². The second kappa shape index (κ2) is 6.36. The van der Waals surface area contributed by atoms with Crippen LogP contribution in [0.3, 0.4) is 0 Å². The van der Waals surface area contributed by atoms with E-state index < -0.39 is 5.60 Å². The highest BCUT2D eigenvalue weighted by molar-refractivity contribution is 9.10. The number of aryl methyl sites for hydroxylation is 1. The fourth-order valence-corrected chi connectivity index (χ4v) is 2.96. The Labute approximate surface area is 139 Å². The third-order valence-corrected chi connectivity index (χ3v) is 3.88. The summed E-state index contributed by atoms with van der Waals surface area (Å²) >= 11 is 3.47. The van der Waals surface area contributed by atoms with Crippen molar-refractivity contribution in [2.45, 2.75) is 33.3 Å². The quantitative estimate of drug-likeness (QED) is 0.825. The monoisotopic (exact) mass is 370 g/mol. The Morgan fingerprint density at radius 2 is 2.05 bits per heavy atom. The van der Waals surface area contributed by atoms with Crippen molar-refractivity contribution in [2.75, 3.05) is 25.4 Å². The van der Waals surface area contributed by atoms with E-state index in [1.807, 2.05) is 39.8 Å². The minimum atomic E-state index is -0.458. The summed E-state index contributed by atoms with van der Waals surface area (Å²) < 4.78 is 12.0. The summed E-state index contributed by atoms with van der Waals surface area (Å²) in [5, 5.41) is 0. The van der Waals surface area contributed by atoms with Gasteiger partial charge >= 0.3 is 6.09 Å². The highest BCUT2D eigenvalue weighted by Crippen LogP contribution is 2.33. The first kappa shape index (κ1) is 16.9. The van der Waals surface area contributed by atoms with E-state index in [1.54, 1.807) is 4.90 Å². The number of ether oxygens (including phenoxy) is 2. The highest BCUT2D eigenvalue weighted by Gasteiger charge is 2.34. The number of amides is 1. The van der Waals surface area contributed by atoms with Crippen molar-refractivity contribution >= 4 is 27.7 Å². The van der Waals surface area contributed by atoms with E-state index in [0.29, 0.717) is 37.1 Å². The Morgan fingerprint density at radius 3 is 2.59 bits per heavy atom. The molecule has 122 valence electrons. The second-order valence-corrected chi connectivity index (χ2v) is 7.58. The van der Waals surface area contributed by atoms with Gasteiger partial charge in [-0.3, -0.25) is 0 Å². The molecular formula is C16H23BrN2O3. The Hall–Kier alpha value is -1.43. The van der Waals surface area contributed by atoms with Crippen molar-refractivity contribution in [3.63, 3.8) is 0 Å². The minimum Gasteiger partial charge on any atom is -0.490 e. The number of nitrogens with two attached hydrogens (primary N) is 1. The maximum Gasteiger partial charge on any atom is 0.410 e. The number of carbonyl (C=O) groups is 1. The molecule has 1 saturated heterocycles. The normalized spacial score (nSPS) is 15.4. The van der Waals surface area contributed by atoms with E-state index in [4.69, 9.17) is 15.2 Å². The van der Waals surface area contributed by atoms with E-state index >= 15 is 0 Å². The zero-order valence-electron chi connectivity index (χ0n) is 13.5. The first-order valence-electron chi connectivity index (χ1n) is 7.32. The smallest absolute Gasteiger partial charge is 0.410 e. The van der Waals surface area contributed by atoms with Gasteiger partial charge in [-0.05, 0) is 61.3 Å². The molecule has 1 fully saturated rings. The topological polar surface area (TPSA) is 64.8 Å². The average Bonchev–Trinajstić information content (AvgIpc) is 2.27. The predicted molar refractivity (Wildman–Crippen MR) is 90.1 cm³/mol. The van der Waals surface area contributed by atoms with Gasteiger partial charge in [0, 0.05) is 19.0 Å². The number of benzene rings is 1. The average molecular weight is 371 g/mol. The SMILES string of the molecule is Cc1cc(N)c(OCC2CN(C(=O)OC(C)(C)C)C2)c(Br)c1. The molecule has 1 aliphatic heterocycles. The molecule has 0 aromatic heterocycles. The van der Waals surface area contributed by atoms with Crippen LogP contribution in [-0.2, 0) is 4.74 Å². The number of nitrogens with zero attached hydrogens (tertiary/aromatic N) is 1. The van der Waals surface area contributed by atoms with Gasteiger partial charge < -0.3 is 20.1 Å². The molecule has 6 heteroatoms. The molecule has 2 N–H and O–H groups in total. The molecular weight excluding hydrogens is 348 g/mol. The summed E-state index contributed by atoms with van der Waals surface area (Å²) in [7, 11) is 0. The number of carbonyl (C=O) groups excluding carboxylic acids is 1. The predicted octanol–water partition coefficient (Wildman–Crippen LogP) is 3.59. The fourth-order valence-electron chi connectivity index (χ4n) is 2.26. The van der Waals surface area contributed by atoms with E-state index in [-0.39, 0.29) is 6.09 Å². The third kappa shape index (κ3) is 4.29. The van der Waals surface area contributed by atoms with Crippen molar-refractivity contribution in [3.8, 4) is 5.75 Å². The molecule has 1 amide bonds. The zero-order valence-corrected chi connectivity index (χ0v) is 15.1. The van der Waals surface area contributed by atoms with Crippen molar-refractivity contribution in [3.05, 3.63) is 22.2 Å². The minimum absolute atomic E-state index is 0.264. The maximum absolute atomic E-state index is 11.8. The molecule has 0 aliphatic carbocycles. The Morgan fingerprint density at radius 1 is 1.41 bits per heavy atom. The Bertz CT molecular complexity index is 540. The first-order valence-corrected chi connectivity index (χ1v) is 8.11. The number of anilines is 1. The summed E-state index contributed by atoms with van der Waals surface area (Å²) in [6.07, 6.45) is -0.264. The molecule has 0 atom stereocenters. The molecule has 0 spiro atoms. The maximum atomic E-state index is 11.8. The molecule has 1 aliphatic rings. The molecule has 22 heavy (non-hydrogen) atoms. The van der Waals surface area contributed by atoms with Crippen LogP contribution in [0.2, 0.25) is 0 Å². The molecule has 0 bridgehead atoms. The van der Waals surface area contributed by atoms with Gasteiger partial charge in [-0.2, -0.15) is 0 Å². The van der Waals surface area contributed by atoms with E-state index in [0.717, 1.165) is 10.0 Å². The van der Waals surface area contributed by atoms with Gasteiger partial charge in [-0.15, -0.1) is 0 Å². The lowest BCUT2D eigenvalue weighted by Crippen LogP contribution is -2.53. The highest BCUT2D eigenvalue weighted by atomic mass is 79.9. The summed E-state index contributed by atoms with van der Waals surface area (Å²) in [6, 6.07) is 3.85. The lowest BCUT2D eigenvalue weighted by atomic mass is 10.0. The summed E-state index contributed by atoms with van der Waals surface area (Å²) in [5.41, 5.74) is 7.22. The van der Waals surface area contributed by atoms with Crippen LogP contribution >= 0.6 is 15.9 Å². The van der Waals surface area contributed by atoms with E-state index in [2.05, 4.69) is 15.9 Å². The second-order valence-electron chi connectivity index (χ2n) is 6.73. The van der Waals surface area contributed by atoms with Crippen LogP contribution in [0, 0.1) is 12.8 Å². The van der Waals surface area contributed by atoms with E-state index in [9.17, 15) is 4.79 Å². The number of hydrogen-bond donors (Lipinski definition) is 1. The first-order chi connectivity index (χ1) is 10.2. The van der Waals surface area contributed by atoms with Gasteiger partial charge in [0.05, 0.1) is 16.8 Å². The van der Waals surface area contributed by atoms with Gasteiger partial charge in [-0.25, -0.2) is 4.79 Å². The summed E-state index contributed by atoms with van der Waals surface area (Å²) in [5.74, 6) is 0.974. The van der Waals surface area contributed by atoms with Gasteiger partial charge in [0.2, 0.25) is 0 Å². The number of nitrogen functional groups attached to an aromatic ring is 1. The molecule has 0 unspecified atom stereocenters. The van der Waals surface area contributed by atoms with Crippen molar-refractivity contribution in [1.29, 1.82) is 0 Å². The van der Waals surface area contributed by atoms with Crippen LogP contribution in [0.4, 0.5) is 10.5 Å². The number of rotatable bonds is 3. The van der Waals surface area contributed by atoms with Crippen LogP contribution < -0.4 is 10.5 Å². The summed E-state index contributed by atoms with van der Waals surface area (Å²) in [6.45, 7) is 9.41. The molecule has 1 aromatic carbocycles. The third-order valence-electron chi connectivity index (χ3n) is 3.29. The largest absolute Gasteiger partial charge is 0.490 e. The molecule has 1 aromatic rings. The van der Waals surface area contributed by atoms with Crippen LogP contribution in [0.1, 0.15) is 26.3 Å².